The van der Waals surface area contributed by atoms with Crippen LogP contribution < -0.4 is 10.6 Å². The van der Waals surface area contributed by atoms with Crippen LogP contribution in [0, 0.1) is 6.92 Å². The summed E-state index contributed by atoms with van der Waals surface area (Å²) in [5.74, 6) is 1.60. The fourth-order valence-corrected chi connectivity index (χ4v) is 2.22. The molecule has 6 nitrogen and oxygen atoms in total. The molecule has 1 fully saturated rings. The summed E-state index contributed by atoms with van der Waals surface area (Å²) in [5.41, 5.74) is 0.951. The van der Waals surface area contributed by atoms with E-state index in [0.29, 0.717) is 11.8 Å². The third-order valence-electron chi connectivity index (χ3n) is 3.07. The Morgan fingerprint density at radius 2 is 2.53 bits per heavy atom. The highest BCUT2D eigenvalue weighted by molar-refractivity contribution is 5.44. The van der Waals surface area contributed by atoms with Crippen LogP contribution in [0.5, 0.6) is 0 Å². The molecular weight excluding hydrogens is 216 g/mol. The highest BCUT2D eigenvalue weighted by Gasteiger charge is 2.14. The molecule has 17 heavy (non-hydrogen) atoms. The second-order valence-electron chi connectivity index (χ2n) is 4.43. The maximum atomic E-state index is 4.31. The summed E-state index contributed by atoms with van der Waals surface area (Å²) in [6.07, 6.45) is 4.03. The summed E-state index contributed by atoms with van der Waals surface area (Å²) in [6, 6.07) is 2.55. The highest BCUT2D eigenvalue weighted by Crippen LogP contribution is 2.11. The predicted octanol–water partition coefficient (Wildman–Crippen LogP) is 0.597. The van der Waals surface area contributed by atoms with Crippen molar-refractivity contribution in [3.8, 4) is 0 Å². The van der Waals surface area contributed by atoms with Crippen LogP contribution in [0.2, 0.25) is 0 Å². The minimum Gasteiger partial charge on any atom is -0.368 e. The van der Waals surface area contributed by atoms with Crippen LogP contribution in [0.15, 0.2) is 12.4 Å². The van der Waals surface area contributed by atoms with Crippen molar-refractivity contribution >= 4 is 11.6 Å². The number of fused-ring (bicyclic) bond motifs is 1. The summed E-state index contributed by atoms with van der Waals surface area (Å²) in [4.78, 5) is 8.41. The summed E-state index contributed by atoms with van der Waals surface area (Å²) < 4.78 is 1.74. The third kappa shape index (κ3) is 2.08. The van der Waals surface area contributed by atoms with E-state index in [1.165, 1.54) is 19.2 Å². The van der Waals surface area contributed by atoms with Crippen molar-refractivity contribution in [2.75, 3.05) is 18.4 Å². The minimum atomic E-state index is 0.557. The summed E-state index contributed by atoms with van der Waals surface area (Å²) in [5, 5.41) is 11.0. The first kappa shape index (κ1) is 10.5. The van der Waals surface area contributed by atoms with E-state index in [0.717, 1.165) is 24.6 Å². The lowest BCUT2D eigenvalue weighted by atomic mass is 10.2. The zero-order valence-corrected chi connectivity index (χ0v) is 9.85. The van der Waals surface area contributed by atoms with E-state index in [1.807, 2.05) is 13.0 Å². The van der Waals surface area contributed by atoms with Gasteiger partial charge in [-0.05, 0) is 26.3 Å². The second-order valence-corrected chi connectivity index (χ2v) is 4.43. The number of anilines is 1. The molecule has 0 aliphatic carbocycles. The Bertz CT molecular complexity index is 514. The normalized spacial score (nSPS) is 19.9. The number of rotatable bonds is 3. The van der Waals surface area contributed by atoms with Crippen LogP contribution in [-0.2, 0) is 0 Å². The average molecular weight is 232 g/mol. The molecule has 1 saturated heterocycles. The van der Waals surface area contributed by atoms with Crippen molar-refractivity contribution < 1.29 is 0 Å². The Kier molecular flexibility index (Phi) is 2.64. The minimum absolute atomic E-state index is 0.557. The molecule has 90 valence electrons. The van der Waals surface area contributed by atoms with Crippen molar-refractivity contribution in [3.05, 3.63) is 18.1 Å². The topological polar surface area (TPSA) is 67.1 Å². The van der Waals surface area contributed by atoms with Gasteiger partial charge in [0.1, 0.15) is 12.1 Å². The average Bonchev–Trinajstić information content (AvgIpc) is 2.95. The summed E-state index contributed by atoms with van der Waals surface area (Å²) in [7, 11) is 0. The maximum Gasteiger partial charge on any atom is 0.254 e. The van der Waals surface area contributed by atoms with E-state index < -0.39 is 0 Å². The van der Waals surface area contributed by atoms with Crippen LogP contribution in [0.25, 0.3) is 5.78 Å². The number of hydrogen-bond donors (Lipinski definition) is 2. The van der Waals surface area contributed by atoms with Crippen molar-refractivity contribution in [1.82, 2.24) is 24.9 Å². The van der Waals surface area contributed by atoms with Gasteiger partial charge in [-0.25, -0.2) is 4.98 Å². The molecule has 0 amide bonds. The Balaban J connectivity index is 1.81. The molecule has 1 atom stereocenters. The van der Waals surface area contributed by atoms with Gasteiger partial charge in [-0.1, -0.05) is 0 Å². The predicted molar refractivity (Wildman–Crippen MR) is 65.0 cm³/mol. The van der Waals surface area contributed by atoms with Crippen LogP contribution in [0.3, 0.4) is 0 Å². The molecule has 1 unspecified atom stereocenters. The van der Waals surface area contributed by atoms with Crippen LogP contribution in [-0.4, -0.2) is 38.7 Å². The quantitative estimate of drug-likeness (QED) is 0.811. The Hall–Kier alpha value is -1.69. The lowest BCUT2D eigenvalue weighted by molar-refractivity contribution is 0.631. The van der Waals surface area contributed by atoms with E-state index in [4.69, 9.17) is 0 Å². The lowest BCUT2D eigenvalue weighted by Crippen LogP contribution is -2.29. The molecule has 0 bridgehead atoms. The van der Waals surface area contributed by atoms with Crippen molar-refractivity contribution in [1.29, 1.82) is 0 Å². The van der Waals surface area contributed by atoms with E-state index >= 15 is 0 Å². The fraction of sp³-hybridized carbons (Fsp3) is 0.545. The number of nitrogens with one attached hydrogen (secondary N) is 2. The first-order valence-electron chi connectivity index (χ1n) is 5.97. The van der Waals surface area contributed by atoms with Crippen molar-refractivity contribution in [3.63, 3.8) is 0 Å². The van der Waals surface area contributed by atoms with Gasteiger partial charge in [-0.3, -0.25) is 0 Å². The Morgan fingerprint density at radius 1 is 1.59 bits per heavy atom. The Labute approximate surface area is 99.5 Å². The molecule has 3 rings (SSSR count). The third-order valence-corrected chi connectivity index (χ3v) is 3.07. The van der Waals surface area contributed by atoms with Gasteiger partial charge in [-0.2, -0.15) is 14.6 Å². The molecular formula is C11H16N6. The van der Waals surface area contributed by atoms with Gasteiger partial charge < -0.3 is 10.6 Å². The molecule has 6 heteroatoms. The van der Waals surface area contributed by atoms with Crippen molar-refractivity contribution in [2.24, 2.45) is 0 Å². The fourth-order valence-electron chi connectivity index (χ4n) is 2.22. The molecule has 2 aromatic heterocycles. The first-order valence-corrected chi connectivity index (χ1v) is 5.97. The smallest absolute Gasteiger partial charge is 0.254 e. The molecule has 1 aliphatic heterocycles. The van der Waals surface area contributed by atoms with Crippen LogP contribution in [0.4, 0.5) is 5.82 Å². The second kappa shape index (κ2) is 4.29. The monoisotopic (exact) mass is 232 g/mol. The van der Waals surface area contributed by atoms with Gasteiger partial charge in [0.15, 0.2) is 0 Å². The van der Waals surface area contributed by atoms with Gasteiger partial charge in [0.2, 0.25) is 0 Å². The molecule has 1 aliphatic rings. The number of aromatic nitrogens is 4. The van der Waals surface area contributed by atoms with Gasteiger partial charge in [-0.15, -0.1) is 0 Å². The molecule has 0 spiro atoms. The molecule has 3 heterocycles. The zero-order valence-electron chi connectivity index (χ0n) is 9.85. The van der Waals surface area contributed by atoms with Gasteiger partial charge >= 0.3 is 0 Å². The summed E-state index contributed by atoms with van der Waals surface area (Å²) in [6.45, 7) is 4.01. The lowest BCUT2D eigenvalue weighted by Gasteiger charge is -2.13. The first-order chi connectivity index (χ1) is 8.33. The standard InChI is InChI=1S/C11H16N6/c1-8-5-10(13-6-9-3-2-4-12-9)17-11(16-8)14-7-15-17/h5,7,9,12-13H,2-4,6H2,1H3. The number of hydrogen-bond acceptors (Lipinski definition) is 5. The SMILES string of the molecule is Cc1cc(NCC2CCCN2)n2ncnc2n1. The van der Waals surface area contributed by atoms with E-state index in [2.05, 4.69) is 25.7 Å². The molecule has 0 saturated carbocycles. The Morgan fingerprint density at radius 3 is 3.35 bits per heavy atom. The van der Waals surface area contributed by atoms with Crippen molar-refractivity contribution in [2.45, 2.75) is 25.8 Å². The molecule has 2 N–H and O–H groups in total. The largest absolute Gasteiger partial charge is 0.368 e. The molecule has 0 aromatic carbocycles. The van der Waals surface area contributed by atoms with E-state index in [1.54, 1.807) is 4.52 Å². The van der Waals surface area contributed by atoms with Gasteiger partial charge in [0.25, 0.3) is 5.78 Å². The highest BCUT2D eigenvalue weighted by atomic mass is 15.4. The van der Waals surface area contributed by atoms with E-state index in [-0.39, 0.29) is 0 Å². The van der Waals surface area contributed by atoms with Gasteiger partial charge in [0.05, 0.1) is 0 Å². The van der Waals surface area contributed by atoms with Crippen LogP contribution >= 0.6 is 0 Å². The summed E-state index contributed by atoms with van der Waals surface area (Å²) >= 11 is 0. The zero-order chi connectivity index (χ0) is 11.7. The maximum absolute atomic E-state index is 4.31. The van der Waals surface area contributed by atoms with Gasteiger partial charge in [0, 0.05) is 24.3 Å². The van der Waals surface area contributed by atoms with E-state index in [9.17, 15) is 0 Å². The number of nitrogens with zero attached hydrogens (tertiary/aromatic N) is 4. The van der Waals surface area contributed by atoms with Crippen LogP contribution in [0.1, 0.15) is 18.5 Å². The number of aryl methyl sites for hydroxylation is 1. The molecule has 2 aromatic rings. The molecule has 0 radical (unpaired) electrons.